The summed E-state index contributed by atoms with van der Waals surface area (Å²) in [5, 5.41) is 4.51. The second-order valence-electron chi connectivity index (χ2n) is 6.12. The van der Waals surface area contributed by atoms with Crippen molar-refractivity contribution in [3.8, 4) is 11.5 Å². The molecule has 1 amide bonds. The molecular formula is C19H20N4O2. The van der Waals surface area contributed by atoms with Gasteiger partial charge in [0.15, 0.2) is 5.82 Å². The van der Waals surface area contributed by atoms with E-state index in [1.807, 2.05) is 69.9 Å². The van der Waals surface area contributed by atoms with Crippen LogP contribution >= 0.6 is 0 Å². The molecule has 0 aliphatic carbocycles. The number of rotatable bonds is 3. The molecule has 1 saturated heterocycles. The number of aryl methyl sites for hydroxylation is 1. The molecule has 0 spiro atoms. The fourth-order valence-electron chi connectivity index (χ4n) is 3.03. The van der Waals surface area contributed by atoms with Crippen LogP contribution in [0, 0.1) is 6.92 Å². The van der Waals surface area contributed by atoms with Gasteiger partial charge in [0.25, 0.3) is 5.91 Å². The molecule has 0 saturated carbocycles. The van der Waals surface area contributed by atoms with Crippen LogP contribution < -0.4 is 0 Å². The highest BCUT2D eigenvalue weighted by Gasteiger charge is 2.25. The van der Waals surface area contributed by atoms with Gasteiger partial charge in [-0.2, -0.15) is 5.10 Å². The van der Waals surface area contributed by atoms with Crippen LogP contribution in [0.5, 0.6) is 0 Å². The molecule has 0 unspecified atom stereocenters. The highest BCUT2D eigenvalue weighted by molar-refractivity contribution is 5.97. The van der Waals surface area contributed by atoms with Crippen LogP contribution in [0.25, 0.3) is 11.5 Å². The summed E-state index contributed by atoms with van der Waals surface area (Å²) < 4.78 is 9.10. The zero-order chi connectivity index (χ0) is 17.2. The minimum atomic E-state index is -0.00892. The first kappa shape index (κ1) is 15.7. The number of benzene rings is 1. The van der Waals surface area contributed by atoms with Crippen molar-refractivity contribution < 1.29 is 9.53 Å². The minimum absolute atomic E-state index is 0.00892. The number of carbonyl (C=O) groups is 1. The summed E-state index contributed by atoms with van der Waals surface area (Å²) in [5.74, 6) is 0.746. The zero-order valence-electron chi connectivity index (χ0n) is 14.1. The topological polar surface area (TPSA) is 52.3 Å². The zero-order valence-corrected chi connectivity index (χ0v) is 14.1. The van der Waals surface area contributed by atoms with Gasteiger partial charge in [0, 0.05) is 25.5 Å². The van der Waals surface area contributed by atoms with Crippen LogP contribution in [0.2, 0.25) is 0 Å². The molecular weight excluding hydrogens is 316 g/mol. The molecule has 6 heteroatoms. The smallest absolute Gasteiger partial charge is 0.259 e. The van der Waals surface area contributed by atoms with E-state index in [-0.39, 0.29) is 5.91 Å². The van der Waals surface area contributed by atoms with E-state index in [0.717, 1.165) is 11.5 Å². The van der Waals surface area contributed by atoms with Gasteiger partial charge in [-0.3, -0.25) is 4.79 Å². The molecule has 1 fully saturated rings. The van der Waals surface area contributed by atoms with Crippen LogP contribution in [0.1, 0.15) is 15.9 Å². The number of hydrogen-bond donors (Lipinski definition) is 0. The van der Waals surface area contributed by atoms with Gasteiger partial charge in [-0.15, -0.1) is 0 Å². The number of morpholine rings is 1. The molecule has 128 valence electrons. The molecule has 1 aliphatic rings. The Morgan fingerprint density at radius 3 is 2.44 bits per heavy atom. The molecule has 1 aromatic carbocycles. The van der Waals surface area contributed by atoms with Crippen LogP contribution in [0.4, 0.5) is 0 Å². The predicted octanol–water partition coefficient (Wildman–Crippen LogP) is 2.44. The summed E-state index contributed by atoms with van der Waals surface area (Å²) in [6.07, 6.45) is 5.52. The van der Waals surface area contributed by atoms with E-state index in [1.165, 1.54) is 5.56 Å². The van der Waals surface area contributed by atoms with Gasteiger partial charge >= 0.3 is 0 Å². The van der Waals surface area contributed by atoms with Crippen molar-refractivity contribution in [2.24, 2.45) is 0 Å². The normalized spacial score (nSPS) is 14.7. The summed E-state index contributed by atoms with van der Waals surface area (Å²) in [5.41, 5.74) is 2.71. The predicted molar refractivity (Wildman–Crippen MR) is 94.4 cm³/mol. The van der Waals surface area contributed by atoms with E-state index in [1.54, 1.807) is 6.20 Å². The average Bonchev–Trinajstić information content (AvgIpc) is 3.32. The maximum atomic E-state index is 13.0. The molecule has 0 radical (unpaired) electrons. The quantitative estimate of drug-likeness (QED) is 0.738. The lowest BCUT2D eigenvalue weighted by Gasteiger charge is -2.26. The van der Waals surface area contributed by atoms with Gasteiger partial charge in [0.1, 0.15) is 5.56 Å². The van der Waals surface area contributed by atoms with Crippen molar-refractivity contribution in [1.29, 1.82) is 0 Å². The first-order valence-electron chi connectivity index (χ1n) is 8.39. The van der Waals surface area contributed by atoms with E-state index in [2.05, 4.69) is 5.10 Å². The second kappa shape index (κ2) is 6.57. The van der Waals surface area contributed by atoms with Crippen molar-refractivity contribution in [1.82, 2.24) is 19.2 Å². The summed E-state index contributed by atoms with van der Waals surface area (Å²) in [6, 6.07) is 12.0. The SMILES string of the molecule is Cc1ccc(-n2ncc(C(=O)N3CCOCC3)c2-n2cccc2)cc1. The summed E-state index contributed by atoms with van der Waals surface area (Å²) in [6.45, 7) is 4.43. The van der Waals surface area contributed by atoms with Crippen molar-refractivity contribution in [2.45, 2.75) is 6.92 Å². The van der Waals surface area contributed by atoms with Gasteiger partial charge in [-0.1, -0.05) is 17.7 Å². The molecule has 0 N–H and O–H groups in total. The number of aromatic nitrogens is 3. The molecule has 0 atom stereocenters. The van der Waals surface area contributed by atoms with E-state index in [4.69, 9.17) is 4.74 Å². The fraction of sp³-hybridized carbons (Fsp3) is 0.263. The fourth-order valence-corrected chi connectivity index (χ4v) is 3.03. The minimum Gasteiger partial charge on any atom is -0.378 e. The van der Waals surface area contributed by atoms with Crippen LogP contribution in [-0.2, 0) is 4.74 Å². The molecule has 25 heavy (non-hydrogen) atoms. The molecule has 1 aliphatic heterocycles. The molecule has 3 heterocycles. The molecule has 0 bridgehead atoms. The Morgan fingerprint density at radius 1 is 1.08 bits per heavy atom. The van der Waals surface area contributed by atoms with Gasteiger partial charge < -0.3 is 14.2 Å². The Hall–Kier alpha value is -2.86. The molecule has 6 nitrogen and oxygen atoms in total. The Labute approximate surface area is 146 Å². The average molecular weight is 336 g/mol. The van der Waals surface area contributed by atoms with Crippen molar-refractivity contribution in [3.05, 3.63) is 66.1 Å². The summed E-state index contributed by atoms with van der Waals surface area (Å²) >= 11 is 0. The number of ether oxygens (including phenoxy) is 1. The summed E-state index contributed by atoms with van der Waals surface area (Å²) in [4.78, 5) is 14.8. The van der Waals surface area contributed by atoms with Crippen molar-refractivity contribution >= 4 is 5.91 Å². The van der Waals surface area contributed by atoms with Gasteiger partial charge in [0.05, 0.1) is 25.1 Å². The maximum absolute atomic E-state index is 13.0. The summed E-state index contributed by atoms with van der Waals surface area (Å²) in [7, 11) is 0. The Bertz CT molecular complexity index is 859. The Morgan fingerprint density at radius 2 is 1.76 bits per heavy atom. The maximum Gasteiger partial charge on any atom is 0.259 e. The number of nitrogens with zero attached hydrogens (tertiary/aromatic N) is 4. The third-order valence-electron chi connectivity index (χ3n) is 4.40. The standard InChI is InChI=1S/C19H20N4O2/c1-15-4-6-16(7-5-15)23-18(21-8-2-3-9-21)17(14-20-23)19(24)22-10-12-25-13-11-22/h2-9,14H,10-13H2,1H3. The van der Waals surface area contributed by atoms with E-state index < -0.39 is 0 Å². The number of hydrogen-bond acceptors (Lipinski definition) is 3. The number of carbonyl (C=O) groups excluding carboxylic acids is 1. The highest BCUT2D eigenvalue weighted by Crippen LogP contribution is 2.22. The molecule has 4 rings (SSSR count). The van der Waals surface area contributed by atoms with E-state index in [9.17, 15) is 4.79 Å². The van der Waals surface area contributed by atoms with Crippen LogP contribution in [-0.4, -0.2) is 51.5 Å². The lowest BCUT2D eigenvalue weighted by molar-refractivity contribution is 0.0303. The monoisotopic (exact) mass is 336 g/mol. The first-order valence-corrected chi connectivity index (χ1v) is 8.39. The van der Waals surface area contributed by atoms with E-state index >= 15 is 0 Å². The van der Waals surface area contributed by atoms with Gasteiger partial charge in [-0.05, 0) is 31.2 Å². The van der Waals surface area contributed by atoms with Crippen molar-refractivity contribution in [2.75, 3.05) is 26.3 Å². The van der Waals surface area contributed by atoms with Crippen molar-refractivity contribution in [3.63, 3.8) is 0 Å². The third-order valence-corrected chi connectivity index (χ3v) is 4.40. The molecule has 3 aromatic rings. The Kier molecular flexibility index (Phi) is 4.11. The largest absolute Gasteiger partial charge is 0.378 e. The van der Waals surface area contributed by atoms with Gasteiger partial charge in [-0.25, -0.2) is 4.68 Å². The lowest BCUT2D eigenvalue weighted by atomic mass is 10.2. The first-order chi connectivity index (χ1) is 12.2. The van der Waals surface area contributed by atoms with Crippen LogP contribution in [0.15, 0.2) is 55.0 Å². The number of amides is 1. The Balaban J connectivity index is 1.79. The lowest BCUT2D eigenvalue weighted by Crippen LogP contribution is -2.40. The van der Waals surface area contributed by atoms with E-state index in [0.29, 0.717) is 31.9 Å². The van der Waals surface area contributed by atoms with Gasteiger partial charge in [0.2, 0.25) is 0 Å². The highest BCUT2D eigenvalue weighted by atomic mass is 16.5. The second-order valence-corrected chi connectivity index (χ2v) is 6.12. The molecule has 2 aromatic heterocycles. The third kappa shape index (κ3) is 2.96. The van der Waals surface area contributed by atoms with Crippen LogP contribution in [0.3, 0.4) is 0 Å².